The van der Waals surface area contributed by atoms with E-state index in [1.165, 1.54) is 0 Å². The van der Waals surface area contributed by atoms with Gasteiger partial charge >= 0.3 is 0 Å². The van der Waals surface area contributed by atoms with Crippen molar-refractivity contribution in [1.82, 2.24) is 0 Å². The van der Waals surface area contributed by atoms with Crippen molar-refractivity contribution in [2.75, 3.05) is 16.8 Å². The molecule has 0 aliphatic carbocycles. The van der Waals surface area contributed by atoms with Crippen LogP contribution in [0.5, 0.6) is 0 Å². The van der Waals surface area contributed by atoms with E-state index in [1.807, 2.05) is 18.2 Å². The minimum Gasteiger partial charge on any atom is -0.326 e. The number of para-hydroxylation sites is 1. The van der Waals surface area contributed by atoms with E-state index in [1.54, 1.807) is 12.1 Å². The highest BCUT2D eigenvalue weighted by Crippen LogP contribution is 2.20. The van der Waals surface area contributed by atoms with Crippen molar-refractivity contribution in [3.63, 3.8) is 0 Å². The third-order valence-corrected chi connectivity index (χ3v) is 4.41. The van der Waals surface area contributed by atoms with Crippen LogP contribution in [0, 0.1) is 5.92 Å². The largest absolute Gasteiger partial charge is 0.326 e. The quantitative estimate of drug-likeness (QED) is 0.839. The van der Waals surface area contributed by atoms with E-state index in [2.05, 4.69) is 5.32 Å². The average Bonchev–Trinajstić information content (AvgIpc) is 2.60. The predicted molar refractivity (Wildman–Crippen MR) is 61.8 cm³/mol. The van der Waals surface area contributed by atoms with Crippen molar-refractivity contribution in [1.29, 1.82) is 0 Å². The van der Waals surface area contributed by atoms with Gasteiger partial charge in [-0.15, -0.1) is 0 Å². The maximum Gasteiger partial charge on any atom is 0.228 e. The molecule has 1 aromatic carbocycles. The summed E-state index contributed by atoms with van der Waals surface area (Å²) in [6.45, 7) is 0. The summed E-state index contributed by atoms with van der Waals surface area (Å²) in [5.74, 6) is -0.497. The van der Waals surface area contributed by atoms with Crippen LogP contribution < -0.4 is 5.32 Å². The minimum absolute atomic E-state index is 0.0222. The van der Waals surface area contributed by atoms with Crippen LogP contribution in [0.1, 0.15) is 6.42 Å². The standard InChI is InChI=1S/C11H13NO3S/c13-11(9-6-7-16(14,15)8-9)12-10-4-2-1-3-5-10/h1-5,9H,6-8H2,(H,12,13). The van der Waals surface area contributed by atoms with E-state index < -0.39 is 15.8 Å². The molecule has 1 amide bonds. The summed E-state index contributed by atoms with van der Waals surface area (Å²) in [7, 11) is -2.99. The molecule has 0 aromatic heterocycles. The lowest BCUT2D eigenvalue weighted by Gasteiger charge is -2.08. The number of benzene rings is 1. The van der Waals surface area contributed by atoms with Crippen LogP contribution in [0.15, 0.2) is 30.3 Å². The third-order valence-electron chi connectivity index (χ3n) is 2.64. The second kappa shape index (κ2) is 4.25. The van der Waals surface area contributed by atoms with Crippen molar-refractivity contribution < 1.29 is 13.2 Å². The van der Waals surface area contributed by atoms with E-state index in [0.29, 0.717) is 12.1 Å². The second-order valence-corrected chi connectivity index (χ2v) is 6.18. The Morgan fingerprint density at radius 3 is 2.50 bits per heavy atom. The van der Waals surface area contributed by atoms with Crippen molar-refractivity contribution in [3.8, 4) is 0 Å². The molecule has 0 radical (unpaired) electrons. The Morgan fingerprint density at radius 1 is 1.25 bits per heavy atom. The Kier molecular flexibility index (Phi) is 2.96. The summed E-state index contributed by atoms with van der Waals surface area (Å²) < 4.78 is 22.4. The Morgan fingerprint density at radius 2 is 1.94 bits per heavy atom. The van der Waals surface area contributed by atoms with Gasteiger partial charge in [0, 0.05) is 5.69 Å². The van der Waals surface area contributed by atoms with Gasteiger partial charge in [0.05, 0.1) is 17.4 Å². The van der Waals surface area contributed by atoms with Gasteiger partial charge in [0.15, 0.2) is 9.84 Å². The molecule has 1 saturated heterocycles. The van der Waals surface area contributed by atoms with Crippen molar-refractivity contribution in [3.05, 3.63) is 30.3 Å². The minimum atomic E-state index is -2.99. The number of hydrogen-bond donors (Lipinski definition) is 1. The number of rotatable bonds is 2. The zero-order chi connectivity index (χ0) is 11.6. The molecule has 1 heterocycles. The Balaban J connectivity index is 2.00. The number of carbonyl (C=O) groups is 1. The van der Waals surface area contributed by atoms with E-state index in [0.717, 1.165) is 0 Å². The molecule has 0 saturated carbocycles. The van der Waals surface area contributed by atoms with Gasteiger partial charge in [-0.2, -0.15) is 0 Å². The van der Waals surface area contributed by atoms with E-state index in [-0.39, 0.29) is 17.4 Å². The molecular formula is C11H13NO3S. The van der Waals surface area contributed by atoms with Crippen molar-refractivity contribution >= 4 is 21.4 Å². The first kappa shape index (κ1) is 11.1. The summed E-state index contributed by atoms with van der Waals surface area (Å²) in [6, 6.07) is 9.06. The Bertz CT molecular complexity index is 481. The monoisotopic (exact) mass is 239 g/mol. The molecular weight excluding hydrogens is 226 g/mol. The third kappa shape index (κ3) is 2.61. The van der Waals surface area contributed by atoms with Crippen molar-refractivity contribution in [2.24, 2.45) is 5.92 Å². The fourth-order valence-corrected chi connectivity index (χ4v) is 3.51. The molecule has 2 rings (SSSR count). The maximum absolute atomic E-state index is 11.7. The lowest BCUT2D eigenvalue weighted by atomic mass is 10.1. The summed E-state index contributed by atoms with van der Waals surface area (Å²) in [5, 5.41) is 2.72. The van der Waals surface area contributed by atoms with Crippen LogP contribution in [-0.4, -0.2) is 25.8 Å². The Labute approximate surface area is 94.6 Å². The van der Waals surface area contributed by atoms with Gasteiger partial charge in [0.1, 0.15) is 0 Å². The first-order valence-corrected chi connectivity index (χ1v) is 6.95. The van der Waals surface area contributed by atoms with E-state index in [9.17, 15) is 13.2 Å². The van der Waals surface area contributed by atoms with E-state index >= 15 is 0 Å². The lowest BCUT2D eigenvalue weighted by molar-refractivity contribution is -0.119. The van der Waals surface area contributed by atoms with Gasteiger partial charge < -0.3 is 5.32 Å². The normalized spacial score (nSPS) is 22.9. The number of nitrogens with one attached hydrogen (secondary N) is 1. The fourth-order valence-electron chi connectivity index (χ4n) is 1.77. The van der Waals surface area contributed by atoms with Crippen LogP contribution in [0.3, 0.4) is 0 Å². The van der Waals surface area contributed by atoms with Gasteiger partial charge in [0.25, 0.3) is 0 Å². The van der Waals surface area contributed by atoms with Crippen molar-refractivity contribution in [2.45, 2.75) is 6.42 Å². The molecule has 1 unspecified atom stereocenters. The number of amides is 1. The number of hydrogen-bond acceptors (Lipinski definition) is 3. The van der Waals surface area contributed by atoms with Crippen LogP contribution in [0.2, 0.25) is 0 Å². The SMILES string of the molecule is O=C(Nc1ccccc1)C1CCS(=O)(=O)C1. The highest BCUT2D eigenvalue weighted by molar-refractivity contribution is 7.91. The number of anilines is 1. The number of carbonyl (C=O) groups excluding carboxylic acids is 1. The Hall–Kier alpha value is -1.36. The van der Waals surface area contributed by atoms with Crippen LogP contribution >= 0.6 is 0 Å². The first-order valence-electron chi connectivity index (χ1n) is 5.13. The topological polar surface area (TPSA) is 63.2 Å². The molecule has 1 fully saturated rings. The maximum atomic E-state index is 11.7. The average molecular weight is 239 g/mol. The molecule has 1 aliphatic heterocycles. The zero-order valence-electron chi connectivity index (χ0n) is 8.72. The molecule has 1 N–H and O–H groups in total. The lowest BCUT2D eigenvalue weighted by Crippen LogP contribution is -2.23. The van der Waals surface area contributed by atoms with Gasteiger partial charge in [-0.05, 0) is 18.6 Å². The molecule has 86 valence electrons. The molecule has 1 aromatic rings. The smallest absolute Gasteiger partial charge is 0.228 e. The zero-order valence-corrected chi connectivity index (χ0v) is 9.53. The highest BCUT2D eigenvalue weighted by atomic mass is 32.2. The van der Waals surface area contributed by atoms with Gasteiger partial charge in [-0.3, -0.25) is 4.79 Å². The molecule has 1 aliphatic rings. The van der Waals surface area contributed by atoms with Gasteiger partial charge in [-0.25, -0.2) is 8.42 Å². The molecule has 16 heavy (non-hydrogen) atoms. The predicted octanol–water partition coefficient (Wildman–Crippen LogP) is 1.06. The first-order chi connectivity index (χ1) is 7.57. The molecule has 0 bridgehead atoms. The van der Waals surface area contributed by atoms with Crippen LogP contribution in [0.4, 0.5) is 5.69 Å². The summed E-state index contributed by atoms with van der Waals surface area (Å²) >= 11 is 0. The fraction of sp³-hybridized carbons (Fsp3) is 0.364. The summed E-state index contributed by atoms with van der Waals surface area (Å²) in [6.07, 6.45) is 0.432. The summed E-state index contributed by atoms with van der Waals surface area (Å²) in [5.41, 5.74) is 0.705. The molecule has 1 atom stereocenters. The van der Waals surface area contributed by atoms with Crippen LogP contribution in [-0.2, 0) is 14.6 Å². The van der Waals surface area contributed by atoms with E-state index in [4.69, 9.17) is 0 Å². The van der Waals surface area contributed by atoms with Gasteiger partial charge in [-0.1, -0.05) is 18.2 Å². The summed E-state index contributed by atoms with van der Waals surface area (Å²) in [4.78, 5) is 11.7. The molecule has 4 nitrogen and oxygen atoms in total. The van der Waals surface area contributed by atoms with Crippen LogP contribution in [0.25, 0.3) is 0 Å². The number of sulfone groups is 1. The highest BCUT2D eigenvalue weighted by Gasteiger charge is 2.32. The molecule has 0 spiro atoms. The second-order valence-electron chi connectivity index (χ2n) is 3.96. The van der Waals surface area contributed by atoms with Gasteiger partial charge in [0.2, 0.25) is 5.91 Å². The molecule has 5 heteroatoms.